The molecule has 2 aromatic heterocycles. The van der Waals surface area contributed by atoms with E-state index in [4.69, 9.17) is 0 Å². The Labute approximate surface area is 134 Å². The second-order valence-corrected chi connectivity index (χ2v) is 7.70. The largest absolute Gasteiger partial charge is 0.349 e. The maximum absolute atomic E-state index is 4.62. The van der Waals surface area contributed by atoms with E-state index in [1.54, 1.807) is 0 Å². The molecule has 0 radical (unpaired) electrons. The van der Waals surface area contributed by atoms with Crippen molar-refractivity contribution < 1.29 is 0 Å². The van der Waals surface area contributed by atoms with Crippen LogP contribution in [0.5, 0.6) is 0 Å². The summed E-state index contributed by atoms with van der Waals surface area (Å²) in [5.41, 5.74) is 1.63. The van der Waals surface area contributed by atoms with Crippen molar-refractivity contribution in [3.05, 3.63) is 35.9 Å². The first-order valence-electron chi connectivity index (χ1n) is 8.33. The fourth-order valence-corrected chi connectivity index (χ4v) is 2.83. The van der Waals surface area contributed by atoms with Gasteiger partial charge >= 0.3 is 0 Å². The van der Waals surface area contributed by atoms with Crippen molar-refractivity contribution >= 4 is 0 Å². The van der Waals surface area contributed by atoms with Crippen LogP contribution < -0.4 is 0 Å². The highest BCUT2D eigenvalue weighted by molar-refractivity contribution is 5.07. The zero-order valence-electron chi connectivity index (χ0n) is 14.7. The van der Waals surface area contributed by atoms with E-state index < -0.39 is 0 Å². The molecule has 1 atom stereocenters. The summed E-state index contributed by atoms with van der Waals surface area (Å²) in [6, 6.07) is 0. The second kappa shape index (κ2) is 7.12. The molecule has 4 nitrogen and oxygen atoms in total. The molecule has 4 heteroatoms. The minimum absolute atomic E-state index is 0.283. The van der Waals surface area contributed by atoms with Crippen molar-refractivity contribution in [1.29, 1.82) is 0 Å². The Kier molecular flexibility index (Phi) is 5.43. The van der Waals surface area contributed by atoms with Crippen molar-refractivity contribution in [2.75, 3.05) is 0 Å². The van der Waals surface area contributed by atoms with Crippen LogP contribution in [0.25, 0.3) is 0 Å². The Morgan fingerprint density at radius 1 is 1.27 bits per heavy atom. The summed E-state index contributed by atoms with van der Waals surface area (Å²) in [4.78, 5) is 12.1. The summed E-state index contributed by atoms with van der Waals surface area (Å²) in [6.07, 6.45) is 11.3. The highest BCUT2D eigenvalue weighted by atomic mass is 15.1. The van der Waals surface area contributed by atoms with Gasteiger partial charge in [-0.3, -0.25) is 0 Å². The van der Waals surface area contributed by atoms with E-state index in [1.807, 2.05) is 12.4 Å². The summed E-state index contributed by atoms with van der Waals surface area (Å²) in [6.45, 7) is 9.12. The maximum Gasteiger partial charge on any atom is 0.109 e. The number of hydrogen-bond donors (Lipinski definition) is 1. The molecule has 1 N–H and O–H groups in total. The average Bonchev–Trinajstić information content (AvgIpc) is 3.02. The van der Waals surface area contributed by atoms with E-state index in [0.717, 1.165) is 25.1 Å². The van der Waals surface area contributed by atoms with Gasteiger partial charge in [0, 0.05) is 44.2 Å². The molecule has 0 aliphatic heterocycles. The van der Waals surface area contributed by atoms with Crippen molar-refractivity contribution in [2.24, 2.45) is 18.4 Å². The number of aromatic amines is 1. The molecular weight excluding hydrogens is 272 g/mol. The molecule has 0 aromatic carbocycles. The van der Waals surface area contributed by atoms with Crippen molar-refractivity contribution in [1.82, 2.24) is 19.5 Å². The summed E-state index contributed by atoms with van der Waals surface area (Å²) in [7, 11) is 2.15. The Morgan fingerprint density at radius 2 is 2.05 bits per heavy atom. The van der Waals surface area contributed by atoms with Crippen molar-refractivity contribution in [3.8, 4) is 0 Å². The van der Waals surface area contributed by atoms with E-state index in [0.29, 0.717) is 5.92 Å². The Hall–Kier alpha value is -1.58. The normalized spacial score (nSPS) is 13.5. The van der Waals surface area contributed by atoms with Crippen LogP contribution in [-0.2, 0) is 26.3 Å². The lowest BCUT2D eigenvalue weighted by molar-refractivity contribution is 0.394. The molecule has 2 aromatic rings. The molecule has 0 aliphatic rings. The first-order chi connectivity index (χ1) is 10.3. The predicted octanol–water partition coefficient (Wildman–Crippen LogP) is 3.93. The number of rotatable bonds is 7. The van der Waals surface area contributed by atoms with Gasteiger partial charge in [0.15, 0.2) is 0 Å². The minimum atomic E-state index is 0.283. The smallest absolute Gasteiger partial charge is 0.109 e. The predicted molar refractivity (Wildman–Crippen MR) is 90.8 cm³/mol. The lowest BCUT2D eigenvalue weighted by Crippen LogP contribution is -2.14. The summed E-state index contributed by atoms with van der Waals surface area (Å²) >= 11 is 0. The zero-order chi connectivity index (χ0) is 16.2. The molecule has 0 spiro atoms. The molecule has 0 amide bonds. The molecule has 122 valence electrons. The molecule has 0 bridgehead atoms. The van der Waals surface area contributed by atoms with Crippen LogP contribution in [0, 0.1) is 11.3 Å². The number of nitrogens with zero attached hydrogens (tertiary/aromatic N) is 3. The summed E-state index contributed by atoms with van der Waals surface area (Å²) < 4.78 is 2.29. The third-order valence-electron chi connectivity index (χ3n) is 4.09. The molecule has 0 saturated heterocycles. The molecule has 0 fully saturated rings. The van der Waals surface area contributed by atoms with Gasteiger partial charge in [-0.1, -0.05) is 27.7 Å². The van der Waals surface area contributed by atoms with Gasteiger partial charge in [-0.25, -0.2) is 9.97 Å². The van der Waals surface area contributed by atoms with E-state index in [9.17, 15) is 0 Å². The quantitative estimate of drug-likeness (QED) is 0.842. The number of hydrogen-bond acceptors (Lipinski definition) is 2. The highest BCUT2D eigenvalue weighted by Crippen LogP contribution is 2.21. The van der Waals surface area contributed by atoms with Gasteiger partial charge < -0.3 is 9.55 Å². The van der Waals surface area contributed by atoms with E-state index in [2.05, 4.69) is 60.5 Å². The molecule has 0 saturated carbocycles. The number of H-pyrrole nitrogens is 1. The van der Waals surface area contributed by atoms with Gasteiger partial charge in [-0.15, -0.1) is 0 Å². The number of imidazole rings is 2. The zero-order valence-corrected chi connectivity index (χ0v) is 14.7. The van der Waals surface area contributed by atoms with Gasteiger partial charge in [-0.05, 0) is 30.6 Å². The number of aromatic nitrogens is 4. The van der Waals surface area contributed by atoms with Crippen LogP contribution in [0.3, 0.4) is 0 Å². The Balaban J connectivity index is 1.82. The average molecular weight is 302 g/mol. The molecule has 22 heavy (non-hydrogen) atoms. The molecule has 1 unspecified atom stereocenters. The number of nitrogens with one attached hydrogen (secondary N) is 1. The minimum Gasteiger partial charge on any atom is -0.349 e. The van der Waals surface area contributed by atoms with Crippen LogP contribution >= 0.6 is 0 Å². The monoisotopic (exact) mass is 302 g/mol. The Morgan fingerprint density at radius 3 is 2.68 bits per heavy atom. The molecule has 2 heterocycles. The van der Waals surface area contributed by atoms with E-state index in [1.165, 1.54) is 24.4 Å². The first-order valence-corrected chi connectivity index (χ1v) is 8.33. The number of aryl methyl sites for hydroxylation is 1. The van der Waals surface area contributed by atoms with Crippen LogP contribution in [0.4, 0.5) is 0 Å². The molecule has 2 rings (SSSR count). The highest BCUT2D eigenvalue weighted by Gasteiger charge is 2.17. The lowest BCUT2D eigenvalue weighted by atomic mass is 9.92. The van der Waals surface area contributed by atoms with Gasteiger partial charge in [0.05, 0.1) is 0 Å². The van der Waals surface area contributed by atoms with Crippen LogP contribution in [-0.4, -0.2) is 19.5 Å². The SMILES string of the molecule is CC(CCCc1ncc[nH]1)Cc1cnc(CC(C)(C)C)n1C. The van der Waals surface area contributed by atoms with Gasteiger partial charge in [0.1, 0.15) is 11.6 Å². The van der Waals surface area contributed by atoms with Crippen LogP contribution in [0.1, 0.15) is 57.9 Å². The van der Waals surface area contributed by atoms with Gasteiger partial charge in [-0.2, -0.15) is 0 Å². The van der Waals surface area contributed by atoms with Crippen LogP contribution in [0.2, 0.25) is 0 Å². The summed E-state index contributed by atoms with van der Waals surface area (Å²) in [5.74, 6) is 2.97. The fraction of sp³-hybridized carbons (Fsp3) is 0.667. The van der Waals surface area contributed by atoms with E-state index >= 15 is 0 Å². The third-order valence-corrected chi connectivity index (χ3v) is 4.09. The topological polar surface area (TPSA) is 46.5 Å². The molecule has 0 aliphatic carbocycles. The third kappa shape index (κ3) is 5.00. The standard InChI is InChI=1S/C18H30N4/c1-14(7-6-8-16-19-9-10-20-16)11-15-13-21-17(22(15)5)12-18(2,3)4/h9-10,13-14H,6-8,11-12H2,1-5H3,(H,19,20). The van der Waals surface area contributed by atoms with Crippen molar-refractivity contribution in [3.63, 3.8) is 0 Å². The maximum atomic E-state index is 4.62. The van der Waals surface area contributed by atoms with Crippen LogP contribution in [0.15, 0.2) is 18.6 Å². The second-order valence-electron chi connectivity index (χ2n) is 7.70. The van der Waals surface area contributed by atoms with Gasteiger partial charge in [0.25, 0.3) is 0 Å². The first kappa shape index (κ1) is 16.8. The van der Waals surface area contributed by atoms with Gasteiger partial charge in [0.2, 0.25) is 0 Å². The van der Waals surface area contributed by atoms with E-state index in [-0.39, 0.29) is 5.41 Å². The summed E-state index contributed by atoms with van der Waals surface area (Å²) in [5, 5.41) is 0. The lowest BCUT2D eigenvalue weighted by Gasteiger charge is -2.18. The Bertz CT molecular complexity index is 560. The molecular formula is C18H30N4. The fourth-order valence-electron chi connectivity index (χ4n) is 2.83. The van der Waals surface area contributed by atoms with Crippen molar-refractivity contribution in [2.45, 2.75) is 59.8 Å².